The summed E-state index contributed by atoms with van der Waals surface area (Å²) in [6, 6.07) is 1.68. The molecule has 1 aromatic heterocycles. The third-order valence-corrected chi connectivity index (χ3v) is 7.01. The zero-order valence-electron chi connectivity index (χ0n) is 15.5. The molecule has 1 aromatic rings. The summed E-state index contributed by atoms with van der Waals surface area (Å²) >= 11 is 6.30. The molecule has 2 saturated heterocycles. The number of amides is 1. The van der Waals surface area contributed by atoms with Crippen LogP contribution in [0.25, 0.3) is 0 Å². The van der Waals surface area contributed by atoms with Crippen LogP contribution in [-0.2, 0) is 9.84 Å². The molecule has 3 rings (SSSR count). The van der Waals surface area contributed by atoms with Gasteiger partial charge < -0.3 is 15.1 Å². The van der Waals surface area contributed by atoms with Gasteiger partial charge in [-0.25, -0.2) is 13.4 Å². The van der Waals surface area contributed by atoms with Gasteiger partial charge in [0.1, 0.15) is 5.82 Å². The lowest BCUT2D eigenvalue weighted by Gasteiger charge is -2.27. The van der Waals surface area contributed by atoms with Crippen LogP contribution in [0.3, 0.4) is 0 Å². The Kier molecular flexibility index (Phi) is 6.94. The maximum atomic E-state index is 12.5. The van der Waals surface area contributed by atoms with Crippen LogP contribution in [0.1, 0.15) is 36.0 Å². The van der Waals surface area contributed by atoms with Crippen molar-refractivity contribution in [1.82, 2.24) is 14.8 Å². The largest absolute Gasteiger partial charge is 0.369 e. The lowest BCUT2D eigenvalue weighted by atomic mass is 10.1. The number of carbonyl (C=O) groups excluding carboxylic acids is 1. The molecule has 0 atom stereocenters. The lowest BCUT2D eigenvalue weighted by Crippen LogP contribution is -2.41. The van der Waals surface area contributed by atoms with Crippen LogP contribution in [0.5, 0.6) is 0 Å². The Balaban J connectivity index is 1.44. The highest BCUT2D eigenvalue weighted by Gasteiger charge is 2.21. The van der Waals surface area contributed by atoms with E-state index in [2.05, 4.69) is 15.2 Å². The van der Waals surface area contributed by atoms with Crippen LogP contribution in [0.15, 0.2) is 12.3 Å². The van der Waals surface area contributed by atoms with E-state index in [0.717, 1.165) is 38.9 Å². The quantitative estimate of drug-likeness (QED) is 0.716. The SMILES string of the molecule is O=C(c1cnc(NCCCN2CCS(=O)(=O)CC2)c(Cl)c1)N1CCCCC1. The van der Waals surface area contributed by atoms with E-state index in [-0.39, 0.29) is 17.4 Å². The number of nitrogens with zero attached hydrogens (tertiary/aromatic N) is 3. The van der Waals surface area contributed by atoms with Gasteiger partial charge in [0.15, 0.2) is 9.84 Å². The molecule has 9 heteroatoms. The molecule has 0 unspecified atom stereocenters. The highest BCUT2D eigenvalue weighted by Crippen LogP contribution is 2.22. The van der Waals surface area contributed by atoms with Crippen LogP contribution in [0, 0.1) is 0 Å². The second-order valence-corrected chi connectivity index (χ2v) is 9.89. The molecule has 2 aliphatic heterocycles. The fourth-order valence-corrected chi connectivity index (χ4v) is 4.96. The molecule has 7 nitrogen and oxygen atoms in total. The summed E-state index contributed by atoms with van der Waals surface area (Å²) in [7, 11) is -2.83. The number of anilines is 1. The summed E-state index contributed by atoms with van der Waals surface area (Å²) in [5, 5.41) is 3.65. The minimum atomic E-state index is -2.83. The fourth-order valence-electron chi connectivity index (χ4n) is 3.45. The van der Waals surface area contributed by atoms with Crippen LogP contribution in [-0.4, -0.2) is 79.9 Å². The number of nitrogens with one attached hydrogen (secondary N) is 1. The maximum absolute atomic E-state index is 12.5. The Morgan fingerprint density at radius 2 is 1.85 bits per heavy atom. The van der Waals surface area contributed by atoms with E-state index in [1.165, 1.54) is 6.42 Å². The van der Waals surface area contributed by atoms with Gasteiger partial charge in [-0.1, -0.05) is 11.6 Å². The summed E-state index contributed by atoms with van der Waals surface area (Å²) in [5.74, 6) is 1.07. The molecule has 0 aliphatic carbocycles. The first-order valence-electron chi connectivity index (χ1n) is 9.56. The van der Waals surface area contributed by atoms with Crippen molar-refractivity contribution in [1.29, 1.82) is 0 Å². The predicted octanol–water partition coefficient (Wildman–Crippen LogP) is 1.89. The molecule has 1 amide bonds. The summed E-state index contributed by atoms with van der Waals surface area (Å²) in [6.45, 7) is 4.34. The number of halogens is 1. The monoisotopic (exact) mass is 414 g/mol. The third-order valence-electron chi connectivity index (χ3n) is 5.11. The smallest absolute Gasteiger partial charge is 0.255 e. The molecule has 1 N–H and O–H groups in total. The number of likely N-dealkylation sites (tertiary alicyclic amines) is 1. The molecule has 2 fully saturated rings. The molecule has 150 valence electrons. The van der Waals surface area contributed by atoms with E-state index in [1.54, 1.807) is 12.3 Å². The fraction of sp³-hybridized carbons (Fsp3) is 0.667. The van der Waals surface area contributed by atoms with Crippen molar-refractivity contribution in [2.45, 2.75) is 25.7 Å². The second kappa shape index (κ2) is 9.21. The number of piperidine rings is 1. The molecular weight excluding hydrogens is 388 g/mol. The van der Waals surface area contributed by atoms with Crippen LogP contribution in [0.4, 0.5) is 5.82 Å². The van der Waals surface area contributed by atoms with Gasteiger partial charge in [-0.3, -0.25) is 4.79 Å². The van der Waals surface area contributed by atoms with Crippen molar-refractivity contribution in [2.75, 3.05) is 56.1 Å². The number of hydrogen-bond donors (Lipinski definition) is 1. The average Bonchev–Trinajstić information content (AvgIpc) is 2.67. The Morgan fingerprint density at radius 3 is 2.52 bits per heavy atom. The van der Waals surface area contributed by atoms with E-state index in [1.807, 2.05) is 4.90 Å². The van der Waals surface area contributed by atoms with Crippen molar-refractivity contribution in [3.63, 3.8) is 0 Å². The van der Waals surface area contributed by atoms with E-state index >= 15 is 0 Å². The molecule has 2 aliphatic rings. The van der Waals surface area contributed by atoms with E-state index in [4.69, 9.17) is 11.6 Å². The minimum absolute atomic E-state index is 0.00398. The number of pyridine rings is 1. The van der Waals surface area contributed by atoms with Gasteiger partial charge in [-0.05, 0) is 38.3 Å². The van der Waals surface area contributed by atoms with E-state index in [0.29, 0.717) is 36.0 Å². The van der Waals surface area contributed by atoms with Crippen LogP contribution >= 0.6 is 11.6 Å². The van der Waals surface area contributed by atoms with Crippen LogP contribution < -0.4 is 5.32 Å². The second-order valence-electron chi connectivity index (χ2n) is 7.18. The lowest BCUT2D eigenvalue weighted by molar-refractivity contribution is 0.0724. The topological polar surface area (TPSA) is 82.6 Å². The normalized spacial score (nSPS) is 20.4. The Labute approximate surface area is 166 Å². The number of aromatic nitrogens is 1. The number of rotatable bonds is 6. The van der Waals surface area contributed by atoms with E-state index < -0.39 is 9.84 Å². The maximum Gasteiger partial charge on any atom is 0.255 e. The van der Waals surface area contributed by atoms with E-state index in [9.17, 15) is 13.2 Å². The van der Waals surface area contributed by atoms with Crippen LogP contribution in [0.2, 0.25) is 5.02 Å². The summed E-state index contributed by atoms with van der Waals surface area (Å²) in [5.41, 5.74) is 0.530. The Morgan fingerprint density at radius 1 is 1.15 bits per heavy atom. The first kappa shape index (κ1) is 20.4. The van der Waals surface area contributed by atoms with Crippen molar-refractivity contribution in [3.05, 3.63) is 22.8 Å². The summed E-state index contributed by atoms with van der Waals surface area (Å²) in [6.07, 6.45) is 5.73. The van der Waals surface area contributed by atoms with Crippen molar-refractivity contribution >= 4 is 33.2 Å². The van der Waals surface area contributed by atoms with Gasteiger partial charge in [-0.2, -0.15) is 0 Å². The van der Waals surface area contributed by atoms with Gasteiger partial charge in [0.05, 0.1) is 22.1 Å². The molecule has 0 aromatic carbocycles. The van der Waals surface area contributed by atoms with Gasteiger partial charge in [0.2, 0.25) is 0 Å². The van der Waals surface area contributed by atoms with Gasteiger partial charge >= 0.3 is 0 Å². The average molecular weight is 415 g/mol. The minimum Gasteiger partial charge on any atom is -0.369 e. The summed E-state index contributed by atoms with van der Waals surface area (Å²) < 4.78 is 22.9. The zero-order chi connectivity index (χ0) is 19.3. The first-order valence-corrected chi connectivity index (χ1v) is 11.8. The zero-order valence-corrected chi connectivity index (χ0v) is 17.1. The highest BCUT2D eigenvalue weighted by atomic mass is 35.5. The molecule has 0 spiro atoms. The summed E-state index contributed by atoms with van der Waals surface area (Å²) in [4.78, 5) is 20.8. The number of sulfone groups is 1. The predicted molar refractivity (Wildman–Crippen MR) is 107 cm³/mol. The van der Waals surface area contributed by atoms with Crippen molar-refractivity contribution in [2.24, 2.45) is 0 Å². The number of carbonyl (C=O) groups is 1. The molecule has 0 radical (unpaired) electrons. The van der Waals surface area contributed by atoms with Gasteiger partial charge in [0.25, 0.3) is 5.91 Å². The number of hydrogen-bond acceptors (Lipinski definition) is 6. The first-order chi connectivity index (χ1) is 12.9. The Hall–Kier alpha value is -1.38. The van der Waals surface area contributed by atoms with Gasteiger partial charge in [-0.15, -0.1) is 0 Å². The van der Waals surface area contributed by atoms with Gasteiger partial charge in [0, 0.05) is 38.9 Å². The molecule has 27 heavy (non-hydrogen) atoms. The standard InChI is InChI=1S/C18H27ClN4O3S/c19-16-13-15(18(24)23-7-2-1-3-8-23)14-21-17(16)20-5-4-6-22-9-11-27(25,26)12-10-22/h13-14H,1-12H2,(H,20,21). The van der Waals surface area contributed by atoms with Crippen molar-refractivity contribution < 1.29 is 13.2 Å². The highest BCUT2D eigenvalue weighted by molar-refractivity contribution is 7.91. The molecular formula is C18H27ClN4O3S. The molecule has 0 saturated carbocycles. The van der Waals surface area contributed by atoms with Crippen molar-refractivity contribution in [3.8, 4) is 0 Å². The molecule has 0 bridgehead atoms. The third kappa shape index (κ3) is 5.80. The Bertz CT molecular complexity index is 752. The molecule has 3 heterocycles.